The second kappa shape index (κ2) is 3.58. The summed E-state index contributed by atoms with van der Waals surface area (Å²) in [4.78, 5) is 0. The van der Waals surface area contributed by atoms with E-state index >= 15 is 0 Å². The molecule has 62 valence electrons. The Morgan fingerprint density at radius 1 is 1.55 bits per heavy atom. The molecule has 1 aromatic rings. The van der Waals surface area contributed by atoms with Gasteiger partial charge in [-0.15, -0.1) is 0 Å². The van der Waals surface area contributed by atoms with Gasteiger partial charge in [-0.25, -0.2) is 0 Å². The molecule has 2 atom stereocenters. The highest BCUT2D eigenvalue weighted by Gasteiger charge is 2.09. The average molecular weight is 153 g/mol. The lowest BCUT2D eigenvalue weighted by Gasteiger charge is -2.10. The molecule has 0 aliphatic heterocycles. The van der Waals surface area contributed by atoms with E-state index in [2.05, 4.69) is 6.92 Å². The molecule has 0 radical (unpaired) electrons. The van der Waals surface area contributed by atoms with E-state index < -0.39 is 0 Å². The summed E-state index contributed by atoms with van der Waals surface area (Å²) in [6, 6.07) is 4.15. The van der Waals surface area contributed by atoms with Crippen molar-refractivity contribution in [2.75, 3.05) is 0 Å². The van der Waals surface area contributed by atoms with Gasteiger partial charge in [-0.2, -0.15) is 0 Å². The average Bonchev–Trinajstić information content (AvgIpc) is 2.35. The highest BCUT2D eigenvalue weighted by atomic mass is 16.3. The summed E-state index contributed by atoms with van der Waals surface area (Å²) in [6.45, 7) is 4.14. The SMILES string of the molecule is CC(N)CC(C)c1ccco1. The lowest BCUT2D eigenvalue weighted by Crippen LogP contribution is -2.17. The van der Waals surface area contributed by atoms with Gasteiger partial charge in [-0.3, -0.25) is 0 Å². The number of furan rings is 1. The van der Waals surface area contributed by atoms with E-state index in [4.69, 9.17) is 10.2 Å². The minimum Gasteiger partial charge on any atom is -0.469 e. The molecule has 2 heteroatoms. The van der Waals surface area contributed by atoms with E-state index in [-0.39, 0.29) is 6.04 Å². The van der Waals surface area contributed by atoms with Crippen LogP contribution in [0.3, 0.4) is 0 Å². The number of hydrogen-bond donors (Lipinski definition) is 1. The highest BCUT2D eigenvalue weighted by Crippen LogP contribution is 2.19. The van der Waals surface area contributed by atoms with Gasteiger partial charge in [0.1, 0.15) is 5.76 Å². The zero-order valence-corrected chi connectivity index (χ0v) is 7.08. The van der Waals surface area contributed by atoms with Gasteiger partial charge in [0.15, 0.2) is 0 Å². The van der Waals surface area contributed by atoms with Gasteiger partial charge in [-0.1, -0.05) is 6.92 Å². The van der Waals surface area contributed by atoms with Gasteiger partial charge in [-0.05, 0) is 25.5 Å². The van der Waals surface area contributed by atoms with Crippen molar-refractivity contribution >= 4 is 0 Å². The van der Waals surface area contributed by atoms with Gasteiger partial charge in [0.05, 0.1) is 6.26 Å². The third-order valence-corrected chi connectivity index (χ3v) is 1.75. The van der Waals surface area contributed by atoms with Crippen molar-refractivity contribution in [3.8, 4) is 0 Å². The molecular weight excluding hydrogens is 138 g/mol. The summed E-state index contributed by atoms with van der Waals surface area (Å²) in [5.41, 5.74) is 5.66. The Kier molecular flexibility index (Phi) is 2.71. The van der Waals surface area contributed by atoms with Crippen LogP contribution in [-0.4, -0.2) is 6.04 Å². The Labute approximate surface area is 67.4 Å². The van der Waals surface area contributed by atoms with E-state index in [0.29, 0.717) is 5.92 Å². The van der Waals surface area contributed by atoms with E-state index in [0.717, 1.165) is 12.2 Å². The van der Waals surface area contributed by atoms with Crippen LogP contribution in [0.1, 0.15) is 31.9 Å². The van der Waals surface area contributed by atoms with Crippen molar-refractivity contribution in [1.29, 1.82) is 0 Å². The van der Waals surface area contributed by atoms with Crippen molar-refractivity contribution in [2.45, 2.75) is 32.2 Å². The minimum absolute atomic E-state index is 0.245. The maximum Gasteiger partial charge on any atom is 0.106 e. The fourth-order valence-electron chi connectivity index (χ4n) is 1.25. The quantitative estimate of drug-likeness (QED) is 0.722. The first kappa shape index (κ1) is 8.34. The van der Waals surface area contributed by atoms with E-state index in [1.54, 1.807) is 6.26 Å². The van der Waals surface area contributed by atoms with Crippen molar-refractivity contribution < 1.29 is 4.42 Å². The first-order chi connectivity index (χ1) is 5.20. The van der Waals surface area contributed by atoms with Crippen LogP contribution in [0.4, 0.5) is 0 Å². The molecule has 0 aliphatic rings. The Bertz CT molecular complexity index is 191. The summed E-state index contributed by atoms with van der Waals surface area (Å²) >= 11 is 0. The molecular formula is C9H15NO. The van der Waals surface area contributed by atoms with Crippen LogP contribution in [0.15, 0.2) is 22.8 Å². The van der Waals surface area contributed by atoms with Crippen LogP contribution in [-0.2, 0) is 0 Å². The largest absolute Gasteiger partial charge is 0.469 e. The number of hydrogen-bond acceptors (Lipinski definition) is 2. The van der Waals surface area contributed by atoms with Crippen molar-refractivity contribution in [3.05, 3.63) is 24.2 Å². The molecule has 2 nitrogen and oxygen atoms in total. The van der Waals surface area contributed by atoms with Crippen molar-refractivity contribution in [2.24, 2.45) is 5.73 Å². The standard InChI is InChI=1S/C9H15NO/c1-7(6-8(2)10)9-4-3-5-11-9/h3-5,7-8H,6,10H2,1-2H3. The zero-order chi connectivity index (χ0) is 8.27. The highest BCUT2D eigenvalue weighted by molar-refractivity contribution is 5.04. The van der Waals surface area contributed by atoms with Crippen molar-refractivity contribution in [3.63, 3.8) is 0 Å². The van der Waals surface area contributed by atoms with Crippen LogP contribution >= 0.6 is 0 Å². The van der Waals surface area contributed by atoms with Gasteiger partial charge in [0, 0.05) is 12.0 Å². The Hall–Kier alpha value is -0.760. The summed E-state index contributed by atoms with van der Waals surface area (Å²) in [5, 5.41) is 0. The predicted octanol–water partition coefficient (Wildman–Crippen LogP) is 2.12. The first-order valence-corrected chi connectivity index (χ1v) is 3.99. The van der Waals surface area contributed by atoms with Crippen LogP contribution in [0.2, 0.25) is 0 Å². The second-order valence-electron chi connectivity index (χ2n) is 3.13. The molecule has 2 unspecified atom stereocenters. The molecule has 1 heterocycles. The van der Waals surface area contributed by atoms with E-state index in [1.807, 2.05) is 19.1 Å². The molecule has 0 spiro atoms. The third-order valence-electron chi connectivity index (χ3n) is 1.75. The number of nitrogens with two attached hydrogens (primary N) is 1. The lowest BCUT2D eigenvalue weighted by molar-refractivity contribution is 0.446. The fourth-order valence-corrected chi connectivity index (χ4v) is 1.25. The predicted molar refractivity (Wildman–Crippen MR) is 45.4 cm³/mol. The van der Waals surface area contributed by atoms with Gasteiger partial charge < -0.3 is 10.2 Å². The molecule has 0 saturated carbocycles. The fraction of sp³-hybridized carbons (Fsp3) is 0.556. The third kappa shape index (κ3) is 2.39. The normalized spacial score (nSPS) is 16.3. The summed E-state index contributed by atoms with van der Waals surface area (Å²) < 4.78 is 5.24. The molecule has 11 heavy (non-hydrogen) atoms. The first-order valence-electron chi connectivity index (χ1n) is 3.99. The Balaban J connectivity index is 2.49. The maximum absolute atomic E-state index is 5.66. The summed E-state index contributed by atoms with van der Waals surface area (Å²) in [7, 11) is 0. The maximum atomic E-state index is 5.66. The van der Waals surface area contributed by atoms with E-state index in [9.17, 15) is 0 Å². The van der Waals surface area contributed by atoms with Crippen molar-refractivity contribution in [1.82, 2.24) is 0 Å². The molecule has 2 N–H and O–H groups in total. The Morgan fingerprint density at radius 2 is 2.27 bits per heavy atom. The summed E-state index contributed by atoms with van der Waals surface area (Å²) in [5.74, 6) is 1.47. The minimum atomic E-state index is 0.245. The van der Waals surface area contributed by atoms with Crippen LogP contribution in [0.25, 0.3) is 0 Å². The molecule has 0 aliphatic carbocycles. The molecule has 0 saturated heterocycles. The molecule has 0 amide bonds. The molecule has 0 aromatic carbocycles. The zero-order valence-electron chi connectivity index (χ0n) is 7.08. The number of rotatable bonds is 3. The molecule has 1 aromatic heterocycles. The van der Waals surface area contributed by atoms with Gasteiger partial charge >= 0.3 is 0 Å². The van der Waals surface area contributed by atoms with Crippen LogP contribution in [0.5, 0.6) is 0 Å². The lowest BCUT2D eigenvalue weighted by atomic mass is 10.0. The molecule has 0 fully saturated rings. The Morgan fingerprint density at radius 3 is 2.73 bits per heavy atom. The van der Waals surface area contributed by atoms with Gasteiger partial charge in [0.25, 0.3) is 0 Å². The van der Waals surface area contributed by atoms with Gasteiger partial charge in [0.2, 0.25) is 0 Å². The van der Waals surface area contributed by atoms with Crippen LogP contribution < -0.4 is 5.73 Å². The smallest absolute Gasteiger partial charge is 0.106 e. The molecule has 0 bridgehead atoms. The summed E-state index contributed by atoms with van der Waals surface area (Å²) in [6.07, 6.45) is 2.68. The molecule has 1 rings (SSSR count). The van der Waals surface area contributed by atoms with E-state index in [1.165, 1.54) is 0 Å². The second-order valence-corrected chi connectivity index (χ2v) is 3.13. The monoisotopic (exact) mass is 153 g/mol. The van der Waals surface area contributed by atoms with Crippen LogP contribution in [0, 0.1) is 0 Å². The topological polar surface area (TPSA) is 39.2 Å².